The van der Waals surface area contributed by atoms with Crippen LogP contribution in [0.2, 0.25) is 0 Å². The van der Waals surface area contributed by atoms with Gasteiger partial charge in [-0.25, -0.2) is 0 Å². The summed E-state index contributed by atoms with van der Waals surface area (Å²) in [5.41, 5.74) is 1.25. The van der Waals surface area contributed by atoms with E-state index < -0.39 is 0 Å². The second-order valence-corrected chi connectivity index (χ2v) is 3.99. The Morgan fingerprint density at radius 1 is 1.44 bits per heavy atom. The molecule has 1 N–H and O–H groups in total. The van der Waals surface area contributed by atoms with E-state index in [-0.39, 0.29) is 0 Å². The number of hydrogen-bond donors (Lipinski definition) is 1. The van der Waals surface area contributed by atoms with Crippen LogP contribution in [0.15, 0.2) is 18.2 Å². The summed E-state index contributed by atoms with van der Waals surface area (Å²) in [7, 11) is 1.68. The normalized spacial score (nSPS) is 19.8. The zero-order valence-corrected chi connectivity index (χ0v) is 9.95. The second kappa shape index (κ2) is 5.21. The quantitative estimate of drug-likeness (QED) is 0.847. The van der Waals surface area contributed by atoms with Crippen molar-refractivity contribution in [1.82, 2.24) is 5.32 Å². The van der Waals surface area contributed by atoms with Crippen LogP contribution in [-0.4, -0.2) is 20.3 Å². The van der Waals surface area contributed by atoms with Crippen molar-refractivity contribution in [3.63, 3.8) is 0 Å². The molecule has 1 aromatic carbocycles. The minimum absolute atomic E-state index is 0.437. The number of rotatable bonds is 4. The van der Waals surface area contributed by atoms with Gasteiger partial charge in [0.1, 0.15) is 11.5 Å². The Balaban J connectivity index is 2.27. The summed E-state index contributed by atoms with van der Waals surface area (Å²) in [5.74, 6) is 1.80. The first-order valence-corrected chi connectivity index (χ1v) is 5.89. The summed E-state index contributed by atoms with van der Waals surface area (Å²) in [5, 5.41) is 3.49. The zero-order chi connectivity index (χ0) is 11.4. The van der Waals surface area contributed by atoms with E-state index in [4.69, 9.17) is 9.47 Å². The first-order chi connectivity index (χ1) is 7.85. The van der Waals surface area contributed by atoms with E-state index in [1.54, 1.807) is 7.11 Å². The average Bonchev–Trinajstić information content (AvgIpc) is 2.83. The SMILES string of the molecule is CCOc1cc(OC)ccc1C1CCCN1. The molecule has 3 nitrogen and oxygen atoms in total. The molecule has 16 heavy (non-hydrogen) atoms. The van der Waals surface area contributed by atoms with E-state index in [9.17, 15) is 0 Å². The molecule has 1 aromatic rings. The fraction of sp³-hybridized carbons (Fsp3) is 0.538. The van der Waals surface area contributed by atoms with Gasteiger partial charge >= 0.3 is 0 Å². The Hall–Kier alpha value is -1.22. The predicted molar refractivity (Wildman–Crippen MR) is 64.1 cm³/mol. The van der Waals surface area contributed by atoms with Crippen molar-refractivity contribution in [3.8, 4) is 11.5 Å². The highest BCUT2D eigenvalue weighted by molar-refractivity contribution is 5.42. The van der Waals surface area contributed by atoms with E-state index in [1.165, 1.54) is 18.4 Å². The zero-order valence-electron chi connectivity index (χ0n) is 9.95. The molecule has 0 radical (unpaired) electrons. The highest BCUT2D eigenvalue weighted by Crippen LogP contribution is 2.33. The van der Waals surface area contributed by atoms with Crippen LogP contribution in [0.3, 0.4) is 0 Å². The molecule has 1 saturated heterocycles. The largest absolute Gasteiger partial charge is 0.497 e. The highest BCUT2D eigenvalue weighted by atomic mass is 16.5. The summed E-state index contributed by atoms with van der Waals surface area (Å²) in [6.45, 7) is 3.79. The maximum atomic E-state index is 5.67. The number of benzene rings is 1. The standard InChI is InChI=1S/C13H19NO2/c1-3-16-13-9-10(15-2)6-7-11(13)12-5-4-8-14-12/h6-7,9,12,14H,3-5,8H2,1-2H3. The number of nitrogens with one attached hydrogen (secondary N) is 1. The molecule has 0 spiro atoms. The molecule has 1 fully saturated rings. The van der Waals surface area contributed by atoms with Crippen molar-refractivity contribution in [2.45, 2.75) is 25.8 Å². The van der Waals surface area contributed by atoms with Gasteiger partial charge in [-0.15, -0.1) is 0 Å². The van der Waals surface area contributed by atoms with E-state index in [2.05, 4.69) is 11.4 Å². The molecule has 0 saturated carbocycles. The van der Waals surface area contributed by atoms with Gasteiger partial charge in [0.25, 0.3) is 0 Å². The van der Waals surface area contributed by atoms with Crippen molar-refractivity contribution in [2.24, 2.45) is 0 Å². The van der Waals surface area contributed by atoms with Crippen molar-refractivity contribution in [3.05, 3.63) is 23.8 Å². The molecule has 1 atom stereocenters. The van der Waals surface area contributed by atoms with Crippen LogP contribution in [0.1, 0.15) is 31.4 Å². The molecule has 0 aliphatic carbocycles. The molecule has 1 unspecified atom stereocenters. The molecule has 0 aromatic heterocycles. The smallest absolute Gasteiger partial charge is 0.127 e. The third-order valence-electron chi connectivity index (χ3n) is 2.96. The Labute approximate surface area is 96.8 Å². The third kappa shape index (κ3) is 2.30. The van der Waals surface area contributed by atoms with Crippen molar-refractivity contribution in [2.75, 3.05) is 20.3 Å². The van der Waals surface area contributed by atoms with Crippen LogP contribution >= 0.6 is 0 Å². The maximum Gasteiger partial charge on any atom is 0.127 e. The van der Waals surface area contributed by atoms with Crippen LogP contribution in [0.4, 0.5) is 0 Å². The van der Waals surface area contributed by atoms with Crippen LogP contribution in [0.5, 0.6) is 11.5 Å². The van der Waals surface area contributed by atoms with Gasteiger partial charge < -0.3 is 14.8 Å². The van der Waals surface area contributed by atoms with E-state index >= 15 is 0 Å². The van der Waals surface area contributed by atoms with Crippen LogP contribution in [-0.2, 0) is 0 Å². The van der Waals surface area contributed by atoms with Gasteiger partial charge in [-0.2, -0.15) is 0 Å². The van der Waals surface area contributed by atoms with Gasteiger partial charge in [0.15, 0.2) is 0 Å². The van der Waals surface area contributed by atoms with Crippen LogP contribution in [0, 0.1) is 0 Å². The Morgan fingerprint density at radius 2 is 2.31 bits per heavy atom. The van der Waals surface area contributed by atoms with E-state index in [0.29, 0.717) is 12.6 Å². The van der Waals surface area contributed by atoms with Gasteiger partial charge in [-0.1, -0.05) is 6.07 Å². The molecule has 3 heteroatoms. The fourth-order valence-electron chi connectivity index (χ4n) is 2.16. The molecular formula is C13H19NO2. The summed E-state index contributed by atoms with van der Waals surface area (Å²) in [6.07, 6.45) is 2.43. The van der Waals surface area contributed by atoms with Crippen LogP contribution in [0.25, 0.3) is 0 Å². The summed E-state index contributed by atoms with van der Waals surface area (Å²) in [6, 6.07) is 6.51. The lowest BCUT2D eigenvalue weighted by Crippen LogP contribution is -2.14. The Kier molecular flexibility index (Phi) is 3.67. The first-order valence-electron chi connectivity index (χ1n) is 5.89. The van der Waals surface area contributed by atoms with Gasteiger partial charge in [0.05, 0.1) is 13.7 Å². The average molecular weight is 221 g/mol. The van der Waals surface area contributed by atoms with E-state index in [1.807, 2.05) is 19.1 Å². The molecule has 1 aliphatic heterocycles. The lowest BCUT2D eigenvalue weighted by Gasteiger charge is -2.16. The molecular weight excluding hydrogens is 202 g/mol. The molecule has 1 heterocycles. The maximum absolute atomic E-state index is 5.67. The van der Waals surface area contributed by atoms with Crippen molar-refractivity contribution in [1.29, 1.82) is 0 Å². The number of ether oxygens (including phenoxy) is 2. The first kappa shape index (κ1) is 11.3. The molecule has 2 rings (SSSR count). The van der Waals surface area contributed by atoms with Gasteiger partial charge in [-0.05, 0) is 32.4 Å². The highest BCUT2D eigenvalue weighted by Gasteiger charge is 2.20. The van der Waals surface area contributed by atoms with Crippen molar-refractivity contribution >= 4 is 0 Å². The monoisotopic (exact) mass is 221 g/mol. The number of hydrogen-bond acceptors (Lipinski definition) is 3. The number of methoxy groups -OCH3 is 1. The Morgan fingerprint density at radius 3 is 2.94 bits per heavy atom. The lowest BCUT2D eigenvalue weighted by molar-refractivity contribution is 0.329. The third-order valence-corrected chi connectivity index (χ3v) is 2.96. The molecule has 88 valence electrons. The molecule has 1 aliphatic rings. The molecule has 0 bridgehead atoms. The lowest BCUT2D eigenvalue weighted by atomic mass is 10.0. The van der Waals surface area contributed by atoms with Gasteiger partial charge in [0, 0.05) is 17.7 Å². The fourth-order valence-corrected chi connectivity index (χ4v) is 2.16. The second-order valence-electron chi connectivity index (χ2n) is 3.99. The summed E-state index contributed by atoms with van der Waals surface area (Å²) in [4.78, 5) is 0. The topological polar surface area (TPSA) is 30.5 Å². The van der Waals surface area contributed by atoms with Crippen molar-refractivity contribution < 1.29 is 9.47 Å². The van der Waals surface area contributed by atoms with Gasteiger partial charge in [0.2, 0.25) is 0 Å². The minimum Gasteiger partial charge on any atom is -0.497 e. The molecule has 0 amide bonds. The minimum atomic E-state index is 0.437. The predicted octanol–water partition coefficient (Wildman–Crippen LogP) is 2.52. The van der Waals surface area contributed by atoms with Crippen LogP contribution < -0.4 is 14.8 Å². The van der Waals surface area contributed by atoms with E-state index in [0.717, 1.165) is 18.0 Å². The van der Waals surface area contributed by atoms with Gasteiger partial charge in [-0.3, -0.25) is 0 Å². The summed E-state index contributed by atoms with van der Waals surface area (Å²) < 4.78 is 10.9. The summed E-state index contributed by atoms with van der Waals surface area (Å²) >= 11 is 0. The Bertz CT molecular complexity index is 346.